The maximum absolute atomic E-state index is 12.8. The minimum absolute atomic E-state index is 0.0398. The van der Waals surface area contributed by atoms with Gasteiger partial charge in [0.05, 0.1) is 13.2 Å². The quantitative estimate of drug-likeness (QED) is 0.0264. The maximum Gasteiger partial charge on any atom is 0.472 e. The molecule has 0 fully saturated rings. The van der Waals surface area contributed by atoms with Crippen LogP contribution in [0.2, 0.25) is 0 Å². The third-order valence-corrected chi connectivity index (χ3v) is 15.5. The fourth-order valence-electron chi connectivity index (χ4n) is 9.26. The van der Waals surface area contributed by atoms with Crippen molar-refractivity contribution < 1.29 is 37.6 Å². The predicted molar refractivity (Wildman–Crippen MR) is 394 cm³/mol. The first-order valence-electron chi connectivity index (χ1n) is 35.9. The number of hydrogen-bond acceptors (Lipinski definition) is 8. The summed E-state index contributed by atoms with van der Waals surface area (Å²) >= 11 is 0. The Bertz CT molecular complexity index is 2200. The smallest absolute Gasteiger partial charge is 0.462 e. The minimum atomic E-state index is -4.42. The van der Waals surface area contributed by atoms with Crippen LogP contribution in [0.4, 0.5) is 0 Å². The van der Waals surface area contributed by atoms with Crippen molar-refractivity contribution >= 4 is 19.8 Å². The summed E-state index contributed by atoms with van der Waals surface area (Å²) in [7, 11) is -4.42. The van der Waals surface area contributed by atoms with Crippen molar-refractivity contribution in [2.45, 2.75) is 277 Å². The lowest BCUT2D eigenvalue weighted by Gasteiger charge is -2.19. The van der Waals surface area contributed by atoms with Crippen LogP contribution in [0, 0.1) is 0 Å². The summed E-state index contributed by atoms with van der Waals surface area (Å²) in [6.45, 7) is 3.48. The molecule has 0 amide bonds. The zero-order chi connectivity index (χ0) is 65.8. The van der Waals surface area contributed by atoms with Crippen molar-refractivity contribution in [2.75, 3.05) is 26.4 Å². The molecule has 0 rings (SSSR count). The van der Waals surface area contributed by atoms with Crippen molar-refractivity contribution in [3.05, 3.63) is 194 Å². The Balaban J connectivity index is 4.01. The molecule has 2 atom stereocenters. The van der Waals surface area contributed by atoms with E-state index in [2.05, 4.69) is 208 Å². The van der Waals surface area contributed by atoms with Gasteiger partial charge in [0.1, 0.15) is 6.61 Å². The number of phosphoric acid groups is 1. The van der Waals surface area contributed by atoms with Crippen LogP contribution in [0.15, 0.2) is 194 Å². The molecule has 3 N–H and O–H groups in total. The molecule has 91 heavy (non-hydrogen) atoms. The lowest BCUT2D eigenvalue weighted by Crippen LogP contribution is -2.29. The number of nitrogens with two attached hydrogens (primary N) is 1. The second-order valence-corrected chi connectivity index (χ2v) is 24.4. The third kappa shape index (κ3) is 73.8. The van der Waals surface area contributed by atoms with Crippen LogP contribution in [0.3, 0.4) is 0 Å². The Morgan fingerprint density at radius 1 is 0.330 bits per heavy atom. The SMILES string of the molecule is CC/C=C\C/C=C\C/C=C\C/C=C\C/C=C\C/C=C\C/C=C\C/C=C\C/C=C\C/C=C\C/C=C\C/C=C\CCCCCCC(=O)OC(COC(=O)CCCCCCCCCCCCCCCCCC/C=C\C/C=C\C/C=C\C/C=C\CC)COP(=O)(O)OCCN. The molecule has 0 saturated carbocycles. The Morgan fingerprint density at radius 2 is 0.571 bits per heavy atom. The number of unbranched alkanes of at least 4 members (excludes halogenated alkanes) is 20. The van der Waals surface area contributed by atoms with Crippen molar-refractivity contribution in [1.29, 1.82) is 0 Å². The number of allylic oxidation sites excluding steroid dienone is 32. The molecule has 10 heteroatoms. The highest BCUT2D eigenvalue weighted by atomic mass is 31.2. The van der Waals surface area contributed by atoms with Crippen LogP contribution >= 0.6 is 7.82 Å². The molecule has 0 heterocycles. The minimum Gasteiger partial charge on any atom is -0.462 e. The van der Waals surface area contributed by atoms with Gasteiger partial charge in [-0.1, -0.05) is 311 Å². The zero-order valence-electron chi connectivity index (χ0n) is 57.5. The number of phosphoric ester groups is 1. The number of hydrogen-bond donors (Lipinski definition) is 2. The normalized spacial score (nSPS) is 14.1. The molecular weight excluding hydrogens is 1150 g/mol. The van der Waals surface area contributed by atoms with E-state index in [9.17, 15) is 19.0 Å². The second kappa shape index (κ2) is 73.9. The van der Waals surface area contributed by atoms with E-state index in [0.717, 1.165) is 148 Å². The van der Waals surface area contributed by atoms with Gasteiger partial charge in [-0.25, -0.2) is 4.57 Å². The van der Waals surface area contributed by atoms with E-state index in [1.54, 1.807) is 0 Å². The lowest BCUT2D eigenvalue weighted by atomic mass is 10.0. The number of carbonyl (C=O) groups is 2. The summed E-state index contributed by atoms with van der Waals surface area (Å²) in [5.41, 5.74) is 5.40. The number of ether oxygens (including phenoxy) is 2. The summed E-state index contributed by atoms with van der Waals surface area (Å²) in [6.07, 6.45) is 112. The maximum atomic E-state index is 12.8. The van der Waals surface area contributed by atoms with Crippen molar-refractivity contribution in [3.63, 3.8) is 0 Å². The largest absolute Gasteiger partial charge is 0.472 e. The van der Waals surface area contributed by atoms with Crippen LogP contribution in [0.5, 0.6) is 0 Å². The highest BCUT2D eigenvalue weighted by Crippen LogP contribution is 2.43. The molecule has 0 bridgehead atoms. The molecule has 0 aliphatic rings. The van der Waals surface area contributed by atoms with Crippen LogP contribution in [-0.2, 0) is 32.7 Å². The van der Waals surface area contributed by atoms with E-state index in [0.29, 0.717) is 6.42 Å². The molecular formula is C81H130NO8P. The molecule has 2 unspecified atom stereocenters. The summed E-state index contributed by atoms with van der Waals surface area (Å²) in [5.74, 6) is -0.865. The Kier molecular flexibility index (Phi) is 69.7. The van der Waals surface area contributed by atoms with Gasteiger partial charge in [-0.15, -0.1) is 0 Å². The van der Waals surface area contributed by atoms with Crippen LogP contribution in [0.1, 0.15) is 271 Å². The van der Waals surface area contributed by atoms with Gasteiger partial charge in [0.25, 0.3) is 0 Å². The van der Waals surface area contributed by atoms with Crippen LogP contribution < -0.4 is 5.73 Å². The Hall–Kier alpha value is -5.15. The fraction of sp³-hybridized carbons (Fsp3) is 0.580. The highest BCUT2D eigenvalue weighted by Gasteiger charge is 2.26. The molecule has 0 spiro atoms. The Labute approximate surface area is 557 Å². The molecule has 512 valence electrons. The topological polar surface area (TPSA) is 134 Å². The fourth-order valence-corrected chi connectivity index (χ4v) is 10.0. The molecule has 0 aliphatic heterocycles. The van der Waals surface area contributed by atoms with Crippen LogP contribution in [0.25, 0.3) is 0 Å². The molecule has 0 saturated heterocycles. The molecule has 0 radical (unpaired) electrons. The highest BCUT2D eigenvalue weighted by molar-refractivity contribution is 7.47. The third-order valence-electron chi connectivity index (χ3n) is 14.5. The molecule has 0 aromatic heterocycles. The van der Waals surface area contributed by atoms with E-state index < -0.39 is 32.5 Å². The number of rotatable bonds is 65. The first-order valence-corrected chi connectivity index (χ1v) is 37.4. The first-order chi connectivity index (χ1) is 44.8. The van der Waals surface area contributed by atoms with E-state index >= 15 is 0 Å². The van der Waals surface area contributed by atoms with Gasteiger partial charge in [0.2, 0.25) is 0 Å². The zero-order valence-corrected chi connectivity index (χ0v) is 58.4. The lowest BCUT2D eigenvalue weighted by molar-refractivity contribution is -0.161. The Morgan fingerprint density at radius 3 is 0.846 bits per heavy atom. The van der Waals surface area contributed by atoms with Crippen molar-refractivity contribution in [2.24, 2.45) is 5.73 Å². The van der Waals surface area contributed by atoms with Gasteiger partial charge in [-0.05, 0) is 141 Å². The summed E-state index contributed by atoms with van der Waals surface area (Å²) < 4.78 is 33.2. The summed E-state index contributed by atoms with van der Waals surface area (Å²) in [5, 5.41) is 0. The number of carbonyl (C=O) groups excluding carboxylic acids is 2. The molecule has 0 aromatic carbocycles. The monoisotopic (exact) mass is 1280 g/mol. The van der Waals surface area contributed by atoms with E-state index in [1.807, 2.05) is 0 Å². The van der Waals surface area contributed by atoms with E-state index in [1.165, 1.54) is 89.9 Å². The van der Waals surface area contributed by atoms with E-state index in [4.69, 9.17) is 24.3 Å². The van der Waals surface area contributed by atoms with Gasteiger partial charge in [0.15, 0.2) is 6.10 Å². The summed E-state index contributed by atoms with van der Waals surface area (Å²) in [6, 6.07) is 0. The van der Waals surface area contributed by atoms with E-state index in [-0.39, 0.29) is 32.6 Å². The number of esters is 2. The summed E-state index contributed by atoms with van der Waals surface area (Å²) in [4.78, 5) is 35.4. The van der Waals surface area contributed by atoms with Crippen molar-refractivity contribution in [1.82, 2.24) is 0 Å². The van der Waals surface area contributed by atoms with Gasteiger partial charge < -0.3 is 20.1 Å². The average molecular weight is 1280 g/mol. The van der Waals surface area contributed by atoms with Gasteiger partial charge in [-0.3, -0.25) is 18.6 Å². The van der Waals surface area contributed by atoms with Gasteiger partial charge in [0, 0.05) is 19.4 Å². The van der Waals surface area contributed by atoms with Gasteiger partial charge in [-0.2, -0.15) is 0 Å². The molecule has 9 nitrogen and oxygen atoms in total. The first kappa shape index (κ1) is 85.8. The van der Waals surface area contributed by atoms with Crippen LogP contribution in [-0.4, -0.2) is 49.3 Å². The van der Waals surface area contributed by atoms with Gasteiger partial charge >= 0.3 is 19.8 Å². The average Bonchev–Trinajstić information content (AvgIpc) is 3.74. The second-order valence-electron chi connectivity index (χ2n) is 23.0. The molecule has 0 aliphatic carbocycles. The standard InChI is InChI=1S/C81H130NO8P/c1-3-5-7-9-11-13-15-17-19-21-23-25-27-29-31-33-34-35-36-37-38-39-40-41-42-43-44-46-48-50-52-54-56-58-60-62-64-66-68-70-72-74-81(84)90-79(78-89-91(85,86)88-76-75-82)77-87-80(83)73-71-69-67-65-63-61-59-57-55-53-51-49-47-45-32-30-28-26-24-22-20-18-16-14-12-10-8-6-4-2/h5-8,11-14,17-20,23-26,29,31,34-35,37-38,40-41,43-44,48,50,54,56,60,62,79H,3-4,9-10,15-16,21-22,27-28,30,32-33,36,39,42,45-47,49,51-53,55,57-59,61,63-78,82H2,1-2H3,(H,85,86)/b7-5-,8-6-,13-11-,14-12-,19-17-,20-18-,25-23-,26-24-,31-29-,35-34-,38-37-,41-40-,44-43-,50-48-,56-54-,62-60-. The molecule has 0 aromatic rings. The van der Waals surface area contributed by atoms with Crippen molar-refractivity contribution in [3.8, 4) is 0 Å². The predicted octanol–water partition coefficient (Wildman–Crippen LogP) is 24.1.